The van der Waals surface area contributed by atoms with Crippen molar-refractivity contribution >= 4 is 32.9 Å². The summed E-state index contributed by atoms with van der Waals surface area (Å²) in [5.41, 5.74) is 1.15. The number of carbonyl (C=O) groups excluding carboxylic acids is 1. The molecular formula is C18H23BrN4O2. The van der Waals surface area contributed by atoms with Crippen molar-refractivity contribution < 1.29 is 9.53 Å². The zero-order valence-corrected chi connectivity index (χ0v) is 16.5. The van der Waals surface area contributed by atoms with Crippen molar-refractivity contribution in [2.75, 3.05) is 13.1 Å². The fourth-order valence-corrected chi connectivity index (χ4v) is 3.49. The van der Waals surface area contributed by atoms with E-state index in [9.17, 15) is 4.79 Å². The maximum Gasteiger partial charge on any atom is 0.410 e. The van der Waals surface area contributed by atoms with Gasteiger partial charge < -0.3 is 10.1 Å². The molecule has 1 aromatic heterocycles. The number of hydrogen-bond acceptors (Lipinski definition) is 5. The van der Waals surface area contributed by atoms with Crippen LogP contribution < -0.4 is 5.32 Å². The minimum atomic E-state index is -0.535. The van der Waals surface area contributed by atoms with Crippen LogP contribution >= 0.6 is 15.9 Å². The van der Waals surface area contributed by atoms with Gasteiger partial charge in [0.25, 0.3) is 0 Å². The Hall–Kier alpha value is -1.73. The van der Waals surface area contributed by atoms with Crippen molar-refractivity contribution in [1.82, 2.24) is 20.2 Å². The van der Waals surface area contributed by atoms with Crippen LogP contribution in [0.4, 0.5) is 4.79 Å². The second-order valence-corrected chi connectivity index (χ2v) is 8.20. The van der Waals surface area contributed by atoms with Gasteiger partial charge in [0.2, 0.25) is 0 Å². The van der Waals surface area contributed by atoms with E-state index in [0.717, 1.165) is 27.6 Å². The molecular weight excluding hydrogens is 384 g/mol. The smallest absolute Gasteiger partial charge is 0.410 e. The first-order valence-electron chi connectivity index (χ1n) is 8.39. The summed E-state index contributed by atoms with van der Waals surface area (Å²) in [6.07, 6.45) is 1.24. The monoisotopic (exact) mass is 406 g/mol. The number of rotatable bonds is 1. The van der Waals surface area contributed by atoms with Crippen molar-refractivity contribution in [3.8, 4) is 0 Å². The van der Waals surface area contributed by atoms with Gasteiger partial charge in [-0.1, -0.05) is 15.9 Å². The first kappa shape index (κ1) is 18.1. The van der Waals surface area contributed by atoms with Gasteiger partial charge in [-0.3, -0.25) is 4.90 Å². The molecule has 0 bridgehead atoms. The zero-order valence-electron chi connectivity index (χ0n) is 14.9. The number of benzene rings is 1. The van der Waals surface area contributed by atoms with E-state index in [-0.39, 0.29) is 18.2 Å². The van der Waals surface area contributed by atoms with Crippen LogP contribution in [-0.4, -0.2) is 45.7 Å². The maximum absolute atomic E-state index is 12.8. The highest BCUT2D eigenvalue weighted by Gasteiger charge is 2.37. The highest BCUT2D eigenvalue weighted by Crippen LogP contribution is 2.32. The minimum Gasteiger partial charge on any atom is -0.444 e. The first-order chi connectivity index (χ1) is 11.8. The van der Waals surface area contributed by atoms with Crippen molar-refractivity contribution in [3.63, 3.8) is 0 Å². The number of amides is 1. The van der Waals surface area contributed by atoms with Gasteiger partial charge in [-0.2, -0.15) is 0 Å². The molecule has 0 radical (unpaired) electrons. The Bertz CT molecular complexity index is 790. The average Bonchev–Trinajstić information content (AvgIpc) is 2.52. The summed E-state index contributed by atoms with van der Waals surface area (Å²) in [6, 6.07) is 5.73. The van der Waals surface area contributed by atoms with Crippen LogP contribution in [0.25, 0.3) is 10.9 Å². The fourth-order valence-electron chi connectivity index (χ4n) is 3.13. The number of aromatic nitrogens is 2. The van der Waals surface area contributed by atoms with E-state index in [2.05, 4.69) is 38.1 Å². The van der Waals surface area contributed by atoms with E-state index < -0.39 is 5.60 Å². The van der Waals surface area contributed by atoms with Crippen molar-refractivity contribution in [2.45, 2.75) is 45.4 Å². The third-order valence-electron chi connectivity index (χ3n) is 4.16. The Balaban J connectivity index is 2.05. The van der Waals surface area contributed by atoms with E-state index in [1.54, 1.807) is 11.2 Å². The van der Waals surface area contributed by atoms with Gasteiger partial charge >= 0.3 is 6.09 Å². The molecule has 2 atom stereocenters. The molecule has 3 rings (SSSR count). The van der Waals surface area contributed by atoms with Crippen LogP contribution in [0.1, 0.15) is 39.4 Å². The highest BCUT2D eigenvalue weighted by atomic mass is 79.9. The van der Waals surface area contributed by atoms with Crippen LogP contribution in [0.2, 0.25) is 0 Å². The minimum absolute atomic E-state index is 0.0540. The molecule has 1 unspecified atom stereocenters. The SMILES string of the molecule is CC1NCCN(C(=O)OC(C)(C)C)[C@@H]1c1ncnc2ccc(Br)cc12. The number of piperazine rings is 1. The summed E-state index contributed by atoms with van der Waals surface area (Å²) in [7, 11) is 0. The molecule has 2 aromatic rings. The van der Waals surface area contributed by atoms with Crippen LogP contribution in [0, 0.1) is 0 Å². The number of fused-ring (bicyclic) bond motifs is 1. The molecule has 25 heavy (non-hydrogen) atoms. The number of hydrogen-bond donors (Lipinski definition) is 1. The van der Waals surface area contributed by atoms with Gasteiger partial charge in [0.15, 0.2) is 0 Å². The van der Waals surface area contributed by atoms with Crippen molar-refractivity contribution in [1.29, 1.82) is 0 Å². The van der Waals surface area contributed by atoms with Gasteiger partial charge in [0, 0.05) is 29.0 Å². The largest absolute Gasteiger partial charge is 0.444 e. The number of nitrogens with one attached hydrogen (secondary N) is 1. The molecule has 2 heterocycles. The van der Waals surface area contributed by atoms with Gasteiger partial charge in [0.1, 0.15) is 11.9 Å². The first-order valence-corrected chi connectivity index (χ1v) is 9.19. The Morgan fingerprint density at radius 2 is 2.12 bits per heavy atom. The molecule has 1 aliphatic heterocycles. The topological polar surface area (TPSA) is 67.4 Å². The van der Waals surface area contributed by atoms with Gasteiger partial charge in [-0.15, -0.1) is 0 Å². The summed E-state index contributed by atoms with van der Waals surface area (Å²) >= 11 is 3.51. The number of nitrogens with zero attached hydrogens (tertiary/aromatic N) is 3. The lowest BCUT2D eigenvalue weighted by Crippen LogP contribution is -2.54. The molecule has 0 saturated carbocycles. The summed E-state index contributed by atoms with van der Waals surface area (Å²) in [5.74, 6) is 0. The van der Waals surface area contributed by atoms with Crippen LogP contribution in [0.3, 0.4) is 0 Å². The predicted molar refractivity (Wildman–Crippen MR) is 100 cm³/mol. The van der Waals surface area contributed by atoms with Gasteiger partial charge in [-0.05, 0) is 45.9 Å². The second-order valence-electron chi connectivity index (χ2n) is 7.28. The number of carbonyl (C=O) groups is 1. The van der Waals surface area contributed by atoms with Crippen LogP contribution in [0.15, 0.2) is 29.0 Å². The normalized spacial score (nSPS) is 21.4. The molecule has 1 N–H and O–H groups in total. The third kappa shape index (κ3) is 3.93. The molecule has 1 aromatic carbocycles. The summed E-state index contributed by atoms with van der Waals surface area (Å²) < 4.78 is 6.57. The highest BCUT2D eigenvalue weighted by molar-refractivity contribution is 9.10. The van der Waals surface area contributed by atoms with Crippen molar-refractivity contribution in [2.24, 2.45) is 0 Å². The summed E-state index contributed by atoms with van der Waals surface area (Å²) in [4.78, 5) is 23.4. The average molecular weight is 407 g/mol. The second kappa shape index (κ2) is 6.88. The fraction of sp³-hybridized carbons (Fsp3) is 0.500. The van der Waals surface area contributed by atoms with E-state index in [4.69, 9.17) is 4.74 Å². The molecule has 7 heteroatoms. The lowest BCUT2D eigenvalue weighted by Gasteiger charge is -2.40. The lowest BCUT2D eigenvalue weighted by molar-refractivity contribution is 0.00596. The van der Waals surface area contributed by atoms with Crippen LogP contribution in [-0.2, 0) is 4.74 Å². The Labute approximate surface area is 156 Å². The number of halogens is 1. The molecule has 6 nitrogen and oxygen atoms in total. The quantitative estimate of drug-likeness (QED) is 0.782. The maximum atomic E-state index is 12.8. The molecule has 1 amide bonds. The molecule has 1 saturated heterocycles. The molecule has 0 spiro atoms. The van der Waals surface area contributed by atoms with E-state index in [1.165, 1.54) is 0 Å². The van der Waals surface area contributed by atoms with E-state index in [0.29, 0.717) is 6.54 Å². The molecule has 1 aliphatic rings. The standard InChI is InChI=1S/C18H23BrN4O2/c1-11-16(23(8-7-20-11)17(24)25-18(2,3)4)15-13-9-12(19)5-6-14(13)21-10-22-15/h5-6,9-11,16,20H,7-8H2,1-4H3/t11?,16-/m0/s1. The van der Waals surface area contributed by atoms with E-state index >= 15 is 0 Å². The Kier molecular flexibility index (Phi) is 4.97. The zero-order chi connectivity index (χ0) is 18.2. The molecule has 0 aliphatic carbocycles. The number of ether oxygens (including phenoxy) is 1. The Morgan fingerprint density at radius 1 is 1.36 bits per heavy atom. The van der Waals surface area contributed by atoms with Crippen molar-refractivity contribution in [3.05, 3.63) is 34.7 Å². The van der Waals surface area contributed by atoms with E-state index in [1.807, 2.05) is 39.0 Å². The summed E-state index contributed by atoms with van der Waals surface area (Å²) in [5, 5.41) is 4.37. The predicted octanol–water partition coefficient (Wildman–Crippen LogP) is 3.66. The third-order valence-corrected chi connectivity index (χ3v) is 4.66. The Morgan fingerprint density at radius 3 is 2.84 bits per heavy atom. The lowest BCUT2D eigenvalue weighted by atomic mass is 9.98. The molecule has 1 fully saturated rings. The summed E-state index contributed by atoms with van der Waals surface area (Å²) in [6.45, 7) is 8.99. The molecule has 134 valence electrons. The van der Waals surface area contributed by atoms with Crippen LogP contribution in [0.5, 0.6) is 0 Å². The van der Waals surface area contributed by atoms with Gasteiger partial charge in [-0.25, -0.2) is 14.8 Å². The van der Waals surface area contributed by atoms with Gasteiger partial charge in [0.05, 0.1) is 17.3 Å².